The highest BCUT2D eigenvalue weighted by Crippen LogP contribution is 2.57. The molecule has 3 rings (SSSR count). The van der Waals surface area contributed by atoms with E-state index in [1.54, 1.807) is 0 Å². The zero-order valence-electron chi connectivity index (χ0n) is 13.2. The van der Waals surface area contributed by atoms with Crippen LogP contribution in [0.15, 0.2) is 0 Å². The lowest BCUT2D eigenvalue weighted by Crippen LogP contribution is -2.40. The van der Waals surface area contributed by atoms with Gasteiger partial charge in [0.2, 0.25) is 0 Å². The standard InChI is InChI=1S/C16H26NO4/c1-4-17(2,3)6-5-7-20-15(18)13-10-8-11-12(9-10)21-16(19)14(11)13/h10-14H,4-9H2,1-3H3/q+1/t10-,11-,12+,13-,14-/m0/s1. The third-order valence-corrected chi connectivity index (χ3v) is 5.76. The van der Waals surface area contributed by atoms with Gasteiger partial charge in [-0.1, -0.05) is 0 Å². The molecule has 0 aromatic carbocycles. The van der Waals surface area contributed by atoms with Crippen molar-refractivity contribution in [2.45, 2.75) is 32.3 Å². The molecule has 5 atom stereocenters. The Balaban J connectivity index is 1.49. The first-order valence-corrected chi connectivity index (χ1v) is 8.12. The van der Waals surface area contributed by atoms with Gasteiger partial charge < -0.3 is 14.0 Å². The van der Waals surface area contributed by atoms with Crippen molar-refractivity contribution < 1.29 is 23.5 Å². The first-order chi connectivity index (χ1) is 9.93. The summed E-state index contributed by atoms with van der Waals surface area (Å²) in [6.45, 7) is 4.67. The van der Waals surface area contributed by atoms with Gasteiger partial charge in [0, 0.05) is 12.3 Å². The van der Waals surface area contributed by atoms with E-state index in [0.29, 0.717) is 12.5 Å². The second-order valence-electron chi connectivity index (χ2n) is 7.42. The molecule has 3 aliphatic rings. The molecule has 118 valence electrons. The summed E-state index contributed by atoms with van der Waals surface area (Å²) in [7, 11) is 4.35. The number of carbonyl (C=O) groups is 2. The summed E-state index contributed by atoms with van der Waals surface area (Å²) in [5, 5.41) is 0. The Morgan fingerprint density at radius 1 is 1.38 bits per heavy atom. The quantitative estimate of drug-likeness (QED) is 0.420. The van der Waals surface area contributed by atoms with Crippen molar-refractivity contribution in [1.82, 2.24) is 0 Å². The van der Waals surface area contributed by atoms with Gasteiger partial charge in [-0.3, -0.25) is 9.59 Å². The fourth-order valence-corrected chi connectivity index (χ4v) is 4.24. The van der Waals surface area contributed by atoms with E-state index in [1.807, 2.05) is 0 Å². The molecule has 2 bridgehead atoms. The molecule has 3 fully saturated rings. The van der Waals surface area contributed by atoms with Crippen LogP contribution >= 0.6 is 0 Å². The van der Waals surface area contributed by atoms with Gasteiger partial charge in [-0.2, -0.15) is 0 Å². The molecule has 2 aliphatic carbocycles. The topological polar surface area (TPSA) is 52.6 Å². The van der Waals surface area contributed by atoms with Gasteiger partial charge in [-0.25, -0.2) is 0 Å². The van der Waals surface area contributed by atoms with Crippen molar-refractivity contribution in [2.24, 2.45) is 23.7 Å². The SMILES string of the molecule is CC[N+](C)(C)CCCOC(=O)[C@H]1[C@H]2C[C@@H]3[C@@H]1C(=O)O[C@@H]3C2. The molecule has 5 nitrogen and oxygen atoms in total. The van der Waals surface area contributed by atoms with Crippen LogP contribution in [-0.4, -0.2) is 56.3 Å². The summed E-state index contributed by atoms with van der Waals surface area (Å²) >= 11 is 0. The summed E-state index contributed by atoms with van der Waals surface area (Å²) in [5.41, 5.74) is 0. The molecule has 5 heteroatoms. The van der Waals surface area contributed by atoms with Gasteiger partial charge >= 0.3 is 11.9 Å². The van der Waals surface area contributed by atoms with Crippen molar-refractivity contribution in [3.63, 3.8) is 0 Å². The van der Waals surface area contributed by atoms with E-state index >= 15 is 0 Å². The van der Waals surface area contributed by atoms with Crippen LogP contribution in [0, 0.1) is 23.7 Å². The molecule has 21 heavy (non-hydrogen) atoms. The molecule has 1 heterocycles. The fraction of sp³-hybridized carbons (Fsp3) is 0.875. The van der Waals surface area contributed by atoms with E-state index in [9.17, 15) is 9.59 Å². The Bertz CT molecular complexity index is 446. The largest absolute Gasteiger partial charge is 0.465 e. The smallest absolute Gasteiger partial charge is 0.310 e. The molecule has 1 aliphatic heterocycles. The molecule has 1 saturated heterocycles. The highest BCUT2D eigenvalue weighted by molar-refractivity contribution is 5.85. The number of hydrogen-bond donors (Lipinski definition) is 0. The molecule has 0 aromatic rings. The number of fused-ring (bicyclic) bond motifs is 1. The predicted octanol–water partition coefficient (Wildman–Crippen LogP) is 1.21. The van der Waals surface area contributed by atoms with Gasteiger partial charge in [-0.15, -0.1) is 0 Å². The first kappa shape index (κ1) is 14.8. The number of carbonyl (C=O) groups excluding carboxylic acids is 2. The Hall–Kier alpha value is -1.10. The van der Waals surface area contributed by atoms with Crippen molar-refractivity contribution in [3.05, 3.63) is 0 Å². The Kier molecular flexibility index (Phi) is 3.72. The van der Waals surface area contributed by atoms with Crippen molar-refractivity contribution in [2.75, 3.05) is 33.8 Å². The second-order valence-corrected chi connectivity index (χ2v) is 7.42. The van der Waals surface area contributed by atoms with Gasteiger partial charge in [0.15, 0.2) is 0 Å². The number of esters is 2. The third kappa shape index (κ3) is 2.56. The molecule has 0 spiro atoms. The van der Waals surface area contributed by atoms with Crippen LogP contribution in [0.5, 0.6) is 0 Å². The van der Waals surface area contributed by atoms with Gasteiger partial charge in [0.05, 0.1) is 45.6 Å². The van der Waals surface area contributed by atoms with E-state index in [0.717, 1.165) is 36.8 Å². The minimum absolute atomic E-state index is 0.0826. The number of ether oxygens (including phenoxy) is 2. The Labute approximate surface area is 126 Å². The van der Waals surface area contributed by atoms with Crippen molar-refractivity contribution >= 4 is 11.9 Å². The summed E-state index contributed by atoms with van der Waals surface area (Å²) in [5.74, 6) is -0.232. The lowest BCUT2D eigenvalue weighted by Gasteiger charge is -2.28. The van der Waals surface area contributed by atoms with Crippen LogP contribution in [-0.2, 0) is 19.1 Å². The molecule has 2 saturated carbocycles. The molecule has 0 amide bonds. The summed E-state index contributed by atoms with van der Waals surface area (Å²) in [6.07, 6.45) is 2.76. The van der Waals surface area contributed by atoms with Crippen LogP contribution in [0.4, 0.5) is 0 Å². The zero-order chi connectivity index (χ0) is 15.2. The highest BCUT2D eigenvalue weighted by Gasteiger charge is 2.64. The second kappa shape index (κ2) is 5.27. The summed E-state index contributed by atoms with van der Waals surface area (Å²) in [4.78, 5) is 24.2. The minimum Gasteiger partial charge on any atom is -0.465 e. The molecular weight excluding hydrogens is 270 g/mol. The number of nitrogens with zero attached hydrogens (tertiary/aromatic N) is 1. The normalized spacial score (nSPS) is 36.9. The number of quaternary nitrogens is 1. The highest BCUT2D eigenvalue weighted by atomic mass is 16.6. The number of hydrogen-bond acceptors (Lipinski definition) is 4. The van der Waals surface area contributed by atoms with Crippen molar-refractivity contribution in [1.29, 1.82) is 0 Å². The maximum absolute atomic E-state index is 12.3. The van der Waals surface area contributed by atoms with Gasteiger partial charge in [0.1, 0.15) is 6.10 Å². The first-order valence-electron chi connectivity index (χ1n) is 8.12. The van der Waals surface area contributed by atoms with E-state index in [4.69, 9.17) is 9.47 Å². The maximum atomic E-state index is 12.3. The molecule has 0 radical (unpaired) electrons. The summed E-state index contributed by atoms with van der Waals surface area (Å²) in [6, 6.07) is 0. The lowest BCUT2D eigenvalue weighted by molar-refractivity contribution is -0.888. The average Bonchev–Trinajstić information content (AvgIpc) is 3.04. The average molecular weight is 296 g/mol. The van der Waals surface area contributed by atoms with E-state index in [2.05, 4.69) is 21.0 Å². The minimum atomic E-state index is -0.241. The van der Waals surface area contributed by atoms with Crippen LogP contribution in [0.3, 0.4) is 0 Å². The van der Waals surface area contributed by atoms with Gasteiger partial charge in [-0.05, 0) is 25.7 Å². The molecule has 0 unspecified atom stereocenters. The van der Waals surface area contributed by atoms with Gasteiger partial charge in [0.25, 0.3) is 0 Å². The monoisotopic (exact) mass is 296 g/mol. The Morgan fingerprint density at radius 3 is 2.86 bits per heavy atom. The predicted molar refractivity (Wildman–Crippen MR) is 76.2 cm³/mol. The van der Waals surface area contributed by atoms with E-state index in [-0.39, 0.29) is 35.8 Å². The third-order valence-electron chi connectivity index (χ3n) is 5.76. The molecule has 0 N–H and O–H groups in total. The van der Waals surface area contributed by atoms with Crippen LogP contribution < -0.4 is 0 Å². The molecular formula is C16H26NO4+. The Morgan fingerprint density at radius 2 is 2.14 bits per heavy atom. The van der Waals surface area contributed by atoms with E-state index < -0.39 is 0 Å². The summed E-state index contributed by atoms with van der Waals surface area (Å²) < 4.78 is 11.7. The van der Waals surface area contributed by atoms with Crippen LogP contribution in [0.25, 0.3) is 0 Å². The van der Waals surface area contributed by atoms with E-state index in [1.165, 1.54) is 0 Å². The van der Waals surface area contributed by atoms with Crippen molar-refractivity contribution in [3.8, 4) is 0 Å². The zero-order valence-corrected chi connectivity index (χ0v) is 13.2. The van der Waals surface area contributed by atoms with Crippen LogP contribution in [0.2, 0.25) is 0 Å². The maximum Gasteiger partial charge on any atom is 0.310 e. The fourth-order valence-electron chi connectivity index (χ4n) is 4.24. The molecule has 0 aromatic heterocycles. The lowest BCUT2D eigenvalue weighted by atomic mass is 9.80. The number of rotatable bonds is 6. The van der Waals surface area contributed by atoms with Crippen LogP contribution in [0.1, 0.15) is 26.2 Å².